The highest BCUT2D eigenvalue weighted by Gasteiger charge is 2.42. The summed E-state index contributed by atoms with van der Waals surface area (Å²) in [6, 6.07) is 4.50. The van der Waals surface area contributed by atoms with Gasteiger partial charge in [0.25, 0.3) is 5.71 Å². The number of fused-ring (bicyclic) bond motifs is 1. The number of pyridine rings is 2. The highest BCUT2D eigenvalue weighted by molar-refractivity contribution is 7.89. The van der Waals surface area contributed by atoms with Crippen molar-refractivity contribution in [2.75, 3.05) is 13.2 Å². The molecule has 16 heteroatoms. The second-order valence-corrected chi connectivity index (χ2v) is 13.8. The van der Waals surface area contributed by atoms with E-state index >= 15 is 0 Å². The van der Waals surface area contributed by atoms with E-state index in [1.54, 1.807) is 6.92 Å². The van der Waals surface area contributed by atoms with Crippen LogP contribution in [0.2, 0.25) is 10.0 Å². The normalized spacial score (nSPS) is 17.8. The van der Waals surface area contributed by atoms with Crippen LogP contribution in [-0.4, -0.2) is 59.6 Å². The summed E-state index contributed by atoms with van der Waals surface area (Å²) >= 11 is 12.8. The fourth-order valence-electron chi connectivity index (χ4n) is 5.25. The van der Waals surface area contributed by atoms with Crippen LogP contribution in [0, 0.1) is 12.8 Å². The molecule has 0 amide bonds. The van der Waals surface area contributed by atoms with Crippen molar-refractivity contribution >= 4 is 50.3 Å². The molecule has 2 fully saturated rings. The summed E-state index contributed by atoms with van der Waals surface area (Å²) in [5, 5.41) is 4.69. The van der Waals surface area contributed by atoms with Crippen molar-refractivity contribution < 1.29 is 40.7 Å². The van der Waals surface area contributed by atoms with Crippen molar-refractivity contribution in [2.45, 2.75) is 62.7 Å². The number of carbonyl (C=O) groups is 1. The van der Waals surface area contributed by atoms with Crippen molar-refractivity contribution in [2.24, 2.45) is 5.92 Å². The number of nitrogens with zero attached hydrogens (tertiary/aromatic N) is 4. The standard InChI is InChI=1S/C30H28Cl2F2N4O7S/c1-16-20-10-19(12-36-28(20)45-37-16)46(40,41)38-8-2-3-24(38)29(39)43-26(11-21-22(31)13-35-14-23(21)32)18-6-7-25(44-30(33)34)27(9-18)42-15-17-4-5-17/h6-7,9-10,12-14,17,24,26,30H,2-5,8,11,15H2,1H3/t24-,26-/m0/s1. The SMILES string of the molecule is Cc1noc2ncc(S(=O)(=O)N3CCC[C@H]3C(=O)O[C@@H](Cc3c(Cl)cncc3Cl)c3ccc(OC(F)F)c(OCC4CC4)c3)cc12. The molecule has 46 heavy (non-hydrogen) atoms. The second-order valence-electron chi connectivity index (χ2n) is 11.1. The lowest BCUT2D eigenvalue weighted by Gasteiger charge is -2.26. The predicted molar refractivity (Wildman–Crippen MR) is 162 cm³/mol. The Bertz CT molecular complexity index is 1850. The molecule has 244 valence electrons. The van der Waals surface area contributed by atoms with E-state index < -0.39 is 34.7 Å². The van der Waals surface area contributed by atoms with Crippen molar-refractivity contribution in [3.63, 3.8) is 0 Å². The molecule has 1 saturated heterocycles. The van der Waals surface area contributed by atoms with Crippen LogP contribution < -0.4 is 9.47 Å². The molecule has 1 aliphatic carbocycles. The lowest BCUT2D eigenvalue weighted by molar-refractivity contribution is -0.153. The maximum absolute atomic E-state index is 13.8. The maximum atomic E-state index is 13.8. The van der Waals surface area contributed by atoms with E-state index in [-0.39, 0.29) is 51.5 Å². The number of esters is 1. The highest BCUT2D eigenvalue weighted by Crippen LogP contribution is 2.39. The summed E-state index contributed by atoms with van der Waals surface area (Å²) in [5.74, 6) is -0.622. The number of benzene rings is 1. The number of rotatable bonds is 12. The molecule has 0 bridgehead atoms. The number of aryl methyl sites for hydroxylation is 1. The van der Waals surface area contributed by atoms with Crippen molar-refractivity contribution in [1.29, 1.82) is 0 Å². The van der Waals surface area contributed by atoms with Gasteiger partial charge in [-0.05, 0) is 67.9 Å². The summed E-state index contributed by atoms with van der Waals surface area (Å²) in [5.41, 5.74) is 1.45. The number of halogens is 4. The van der Waals surface area contributed by atoms with Crippen LogP contribution in [0.5, 0.6) is 11.5 Å². The first-order valence-electron chi connectivity index (χ1n) is 14.4. The number of aromatic nitrogens is 3. The zero-order valence-corrected chi connectivity index (χ0v) is 26.7. The Morgan fingerprint density at radius 2 is 1.87 bits per heavy atom. The number of alkyl halides is 2. The van der Waals surface area contributed by atoms with Crippen LogP contribution in [0.3, 0.4) is 0 Å². The van der Waals surface area contributed by atoms with E-state index in [4.69, 9.17) is 37.2 Å². The molecule has 2 aliphatic rings. The van der Waals surface area contributed by atoms with Gasteiger partial charge in [0, 0.05) is 25.4 Å². The minimum atomic E-state index is -4.18. The monoisotopic (exact) mass is 696 g/mol. The van der Waals surface area contributed by atoms with Gasteiger partial charge in [-0.2, -0.15) is 13.1 Å². The number of hydrogen-bond donors (Lipinski definition) is 0. The molecule has 6 rings (SSSR count). The first-order chi connectivity index (χ1) is 22.0. The van der Waals surface area contributed by atoms with Gasteiger partial charge in [0.1, 0.15) is 17.0 Å². The topological polar surface area (TPSA) is 134 Å². The van der Waals surface area contributed by atoms with Gasteiger partial charge in [-0.15, -0.1) is 0 Å². The molecule has 0 radical (unpaired) electrons. The highest BCUT2D eigenvalue weighted by atomic mass is 35.5. The Morgan fingerprint density at radius 3 is 2.59 bits per heavy atom. The van der Waals surface area contributed by atoms with Crippen LogP contribution in [0.25, 0.3) is 11.1 Å². The molecule has 4 heterocycles. The van der Waals surface area contributed by atoms with Crippen molar-refractivity contribution in [3.05, 3.63) is 69.7 Å². The first kappa shape index (κ1) is 32.4. The molecule has 11 nitrogen and oxygen atoms in total. The number of hydrogen-bond acceptors (Lipinski definition) is 10. The zero-order chi connectivity index (χ0) is 32.6. The van der Waals surface area contributed by atoms with Crippen LogP contribution in [0.15, 0.2) is 52.3 Å². The third-order valence-corrected chi connectivity index (χ3v) is 10.4. The Labute approximate surface area is 272 Å². The van der Waals surface area contributed by atoms with E-state index in [9.17, 15) is 22.0 Å². The Kier molecular flexibility index (Phi) is 9.33. The van der Waals surface area contributed by atoms with Gasteiger partial charge in [0.2, 0.25) is 10.0 Å². The summed E-state index contributed by atoms with van der Waals surface area (Å²) in [7, 11) is -4.18. The summed E-state index contributed by atoms with van der Waals surface area (Å²) in [6.07, 6.45) is 5.38. The molecule has 1 aromatic carbocycles. The minimum Gasteiger partial charge on any atom is -0.489 e. The van der Waals surface area contributed by atoms with E-state index in [0.29, 0.717) is 41.2 Å². The lowest BCUT2D eigenvalue weighted by atomic mass is 10.0. The average molecular weight is 698 g/mol. The third-order valence-electron chi connectivity index (χ3n) is 7.89. The predicted octanol–water partition coefficient (Wildman–Crippen LogP) is 6.30. The molecular weight excluding hydrogens is 669 g/mol. The summed E-state index contributed by atoms with van der Waals surface area (Å²) < 4.78 is 76.6. The molecule has 1 aliphatic heterocycles. The van der Waals surface area contributed by atoms with Crippen LogP contribution in [0.1, 0.15) is 48.6 Å². The van der Waals surface area contributed by atoms with Gasteiger partial charge in [-0.3, -0.25) is 9.78 Å². The average Bonchev–Trinajstić information content (AvgIpc) is 3.57. The largest absolute Gasteiger partial charge is 0.489 e. The molecule has 3 aromatic heterocycles. The molecule has 0 N–H and O–H groups in total. The first-order valence-corrected chi connectivity index (χ1v) is 16.6. The minimum absolute atomic E-state index is 0.0319. The van der Waals surface area contributed by atoms with E-state index in [2.05, 4.69) is 19.9 Å². The van der Waals surface area contributed by atoms with Gasteiger partial charge >= 0.3 is 12.6 Å². The number of carbonyl (C=O) groups excluding carboxylic acids is 1. The van der Waals surface area contributed by atoms with Crippen molar-refractivity contribution in [3.8, 4) is 11.5 Å². The molecule has 2 atom stereocenters. The van der Waals surface area contributed by atoms with Crippen LogP contribution >= 0.6 is 23.2 Å². The zero-order valence-electron chi connectivity index (χ0n) is 24.4. The van der Waals surface area contributed by atoms with Gasteiger partial charge < -0.3 is 18.7 Å². The van der Waals surface area contributed by atoms with Crippen molar-refractivity contribution in [1.82, 2.24) is 19.4 Å². The summed E-state index contributed by atoms with van der Waals surface area (Å²) in [4.78, 5) is 21.7. The van der Waals surface area contributed by atoms with Gasteiger partial charge in [0.15, 0.2) is 11.5 Å². The maximum Gasteiger partial charge on any atom is 0.387 e. The Balaban J connectivity index is 1.31. The van der Waals surface area contributed by atoms with Gasteiger partial charge in [-0.1, -0.05) is 34.4 Å². The molecule has 4 aromatic rings. The summed E-state index contributed by atoms with van der Waals surface area (Å²) in [6.45, 7) is -1.04. The fourth-order valence-corrected chi connectivity index (χ4v) is 7.39. The van der Waals surface area contributed by atoms with Crippen LogP contribution in [-0.2, 0) is 26.0 Å². The van der Waals surface area contributed by atoms with E-state index in [0.717, 1.165) is 23.3 Å². The van der Waals surface area contributed by atoms with Crippen LogP contribution in [0.4, 0.5) is 8.78 Å². The lowest BCUT2D eigenvalue weighted by Crippen LogP contribution is -2.41. The van der Waals surface area contributed by atoms with Gasteiger partial charge in [-0.25, -0.2) is 13.4 Å². The third kappa shape index (κ3) is 6.89. The van der Waals surface area contributed by atoms with Gasteiger partial charge in [0.05, 0.1) is 33.9 Å². The van der Waals surface area contributed by atoms with E-state index in [1.165, 1.54) is 36.7 Å². The van der Waals surface area contributed by atoms with E-state index in [1.807, 2.05) is 0 Å². The fraction of sp³-hybridized carbons (Fsp3) is 0.400. The quantitative estimate of drug-likeness (QED) is 0.155. The number of ether oxygens (including phenoxy) is 3. The molecule has 0 unspecified atom stereocenters. The number of sulfonamides is 1. The smallest absolute Gasteiger partial charge is 0.387 e. The second kappa shape index (κ2) is 13.3. The molecule has 0 spiro atoms. The molecular formula is C30H28Cl2F2N4O7S. The Morgan fingerprint density at radius 1 is 1.11 bits per heavy atom. The molecule has 1 saturated carbocycles. The Hall–Kier alpha value is -3.59.